The predicted octanol–water partition coefficient (Wildman–Crippen LogP) is 2.81. The largest absolute Gasteiger partial charge is 0.503 e. The van der Waals surface area contributed by atoms with Gasteiger partial charge in [0.15, 0.2) is 17.4 Å². The number of hydrogen-bond donors (Lipinski definition) is 2. The molecule has 0 aliphatic carbocycles. The lowest BCUT2D eigenvalue weighted by molar-refractivity contribution is -0.140. The van der Waals surface area contributed by atoms with Crippen LogP contribution in [0.2, 0.25) is 0 Å². The number of anilines is 1. The quantitative estimate of drug-likeness (QED) is 0.579. The lowest BCUT2D eigenvalue weighted by Crippen LogP contribution is -2.64. The van der Waals surface area contributed by atoms with E-state index in [0.29, 0.717) is 43.7 Å². The Morgan fingerprint density at radius 3 is 2.47 bits per heavy atom. The lowest BCUT2D eigenvalue weighted by atomic mass is 10.0. The smallest absolute Gasteiger partial charge is 0.419 e. The molecule has 0 radical (unpaired) electrons. The van der Waals surface area contributed by atoms with Crippen LogP contribution in [-0.4, -0.2) is 58.3 Å². The molecule has 2 aliphatic heterocycles. The number of nitrogens with one attached hydrogen (secondary N) is 1. The van der Waals surface area contributed by atoms with Gasteiger partial charge >= 0.3 is 6.18 Å². The minimum absolute atomic E-state index is 0.0704. The zero-order chi connectivity index (χ0) is 22.8. The number of morpholine rings is 1. The highest BCUT2D eigenvalue weighted by atomic mass is 19.4. The molecule has 2 aromatic heterocycles. The van der Waals surface area contributed by atoms with E-state index >= 15 is 0 Å². The van der Waals surface area contributed by atoms with Gasteiger partial charge in [0, 0.05) is 43.4 Å². The fourth-order valence-electron chi connectivity index (χ4n) is 4.39. The van der Waals surface area contributed by atoms with Gasteiger partial charge in [-0.15, -0.1) is 0 Å². The van der Waals surface area contributed by atoms with Crippen molar-refractivity contribution >= 4 is 16.7 Å². The summed E-state index contributed by atoms with van der Waals surface area (Å²) in [6.07, 6.45) is -3.72. The number of benzene rings is 1. The molecule has 0 saturated carbocycles. The molecule has 2 bridgehead atoms. The third-order valence-electron chi connectivity index (χ3n) is 5.89. The van der Waals surface area contributed by atoms with Gasteiger partial charge in [0.05, 0.1) is 36.4 Å². The number of phenols is 1. The molecule has 2 saturated heterocycles. The third-order valence-corrected chi connectivity index (χ3v) is 5.89. The van der Waals surface area contributed by atoms with Crippen LogP contribution in [0.25, 0.3) is 22.2 Å². The Balaban J connectivity index is 1.64. The van der Waals surface area contributed by atoms with E-state index in [4.69, 9.17) is 4.74 Å². The molecule has 5 rings (SSSR count). The summed E-state index contributed by atoms with van der Waals surface area (Å²) in [6, 6.07) is 2.19. The van der Waals surface area contributed by atoms with Crippen LogP contribution in [0.15, 0.2) is 18.3 Å². The summed E-state index contributed by atoms with van der Waals surface area (Å²) in [5.41, 5.74) is -2.12. The molecular weight excluding hydrogens is 437 g/mol. The van der Waals surface area contributed by atoms with Crippen molar-refractivity contribution in [2.45, 2.75) is 18.3 Å². The molecule has 0 spiro atoms. The Morgan fingerprint density at radius 1 is 1.12 bits per heavy atom. The lowest BCUT2D eigenvalue weighted by Gasteiger charge is -2.46. The van der Waals surface area contributed by atoms with Gasteiger partial charge in [0.25, 0.3) is 0 Å². The Labute approximate surface area is 178 Å². The van der Waals surface area contributed by atoms with E-state index < -0.39 is 34.7 Å². The molecule has 2 N–H and O–H groups in total. The van der Waals surface area contributed by atoms with E-state index in [1.165, 1.54) is 10.9 Å². The Bertz CT molecular complexity index is 1190. The first-order valence-corrected chi connectivity index (χ1v) is 9.85. The second-order valence-electron chi connectivity index (χ2n) is 7.89. The zero-order valence-electron chi connectivity index (χ0n) is 16.7. The van der Waals surface area contributed by atoms with Crippen molar-refractivity contribution in [3.05, 3.63) is 35.5 Å². The maximum Gasteiger partial charge on any atom is 0.419 e. The van der Waals surface area contributed by atoms with Crippen LogP contribution in [0.1, 0.15) is 5.56 Å². The van der Waals surface area contributed by atoms with Gasteiger partial charge in [-0.1, -0.05) is 0 Å². The molecule has 32 heavy (non-hydrogen) atoms. The Morgan fingerprint density at radius 2 is 1.81 bits per heavy atom. The number of ether oxygens (including phenoxy) is 1. The summed E-state index contributed by atoms with van der Waals surface area (Å²) in [6.45, 7) is 2.49. The van der Waals surface area contributed by atoms with Crippen molar-refractivity contribution in [3.8, 4) is 17.0 Å². The Hall–Kier alpha value is -2.99. The highest BCUT2D eigenvalue weighted by Crippen LogP contribution is 2.41. The normalized spacial score (nSPS) is 21.4. The average molecular weight is 455 g/mol. The minimum atomic E-state index is -5.12. The molecule has 2 atom stereocenters. The third kappa shape index (κ3) is 3.16. The number of nitrogens with zero attached hydrogens (tertiary/aromatic N) is 4. The number of aryl methyl sites for hydroxylation is 1. The van der Waals surface area contributed by atoms with E-state index in [1.807, 2.05) is 0 Å². The molecule has 4 heterocycles. The number of aromatic nitrogens is 3. The molecule has 170 valence electrons. The van der Waals surface area contributed by atoms with Crippen LogP contribution in [0, 0.1) is 11.6 Å². The fraction of sp³-hybridized carbons (Fsp3) is 0.400. The van der Waals surface area contributed by atoms with E-state index in [0.717, 1.165) is 0 Å². The van der Waals surface area contributed by atoms with E-state index in [-0.39, 0.29) is 23.2 Å². The minimum Gasteiger partial charge on any atom is -0.503 e. The number of phenolic OH excluding ortho intramolecular Hbond substituents is 1. The van der Waals surface area contributed by atoms with Crippen LogP contribution in [0.4, 0.5) is 27.8 Å². The van der Waals surface area contributed by atoms with Crippen LogP contribution in [0.5, 0.6) is 5.75 Å². The van der Waals surface area contributed by atoms with Crippen LogP contribution < -0.4 is 10.2 Å². The van der Waals surface area contributed by atoms with Gasteiger partial charge in [-0.05, 0) is 6.07 Å². The van der Waals surface area contributed by atoms with Crippen molar-refractivity contribution in [2.75, 3.05) is 31.2 Å². The number of piperazine rings is 1. The molecule has 2 unspecified atom stereocenters. The molecule has 3 aromatic rings. The van der Waals surface area contributed by atoms with Crippen molar-refractivity contribution in [1.29, 1.82) is 0 Å². The van der Waals surface area contributed by atoms with Gasteiger partial charge in [0.2, 0.25) is 0 Å². The average Bonchev–Trinajstić information content (AvgIpc) is 3.06. The number of halogens is 5. The van der Waals surface area contributed by atoms with Crippen LogP contribution in [-0.2, 0) is 18.0 Å². The fourth-order valence-corrected chi connectivity index (χ4v) is 4.39. The highest BCUT2D eigenvalue weighted by Gasteiger charge is 2.39. The van der Waals surface area contributed by atoms with Gasteiger partial charge in [-0.25, -0.2) is 13.8 Å². The SMILES string of the molecule is Cn1nc(-c2cc(C(F)(F)F)c(F)c(O)c2F)c2cnc(N3C4CNCC3COC4)cc21. The predicted molar refractivity (Wildman–Crippen MR) is 104 cm³/mol. The topological polar surface area (TPSA) is 75.4 Å². The number of hydrogen-bond acceptors (Lipinski definition) is 6. The number of aromatic hydroxyl groups is 1. The van der Waals surface area contributed by atoms with E-state index in [9.17, 15) is 27.1 Å². The maximum absolute atomic E-state index is 14.6. The molecule has 2 aliphatic rings. The number of pyridine rings is 1. The van der Waals surface area contributed by atoms with E-state index in [2.05, 4.69) is 20.3 Å². The van der Waals surface area contributed by atoms with Crippen molar-refractivity contribution in [3.63, 3.8) is 0 Å². The molecular formula is C20H18F5N5O2. The van der Waals surface area contributed by atoms with Crippen molar-refractivity contribution < 1.29 is 31.8 Å². The summed E-state index contributed by atoms with van der Waals surface area (Å²) in [7, 11) is 1.56. The maximum atomic E-state index is 14.6. The molecule has 12 heteroatoms. The number of rotatable bonds is 2. The molecule has 0 amide bonds. The first-order chi connectivity index (χ1) is 15.2. The van der Waals surface area contributed by atoms with Gasteiger partial charge < -0.3 is 20.1 Å². The zero-order valence-corrected chi connectivity index (χ0v) is 16.7. The van der Waals surface area contributed by atoms with Crippen molar-refractivity contribution in [1.82, 2.24) is 20.1 Å². The monoisotopic (exact) mass is 455 g/mol. The first-order valence-electron chi connectivity index (χ1n) is 9.85. The molecule has 2 fully saturated rings. The molecule has 7 nitrogen and oxygen atoms in total. The summed E-state index contributed by atoms with van der Waals surface area (Å²) < 4.78 is 75.1. The van der Waals surface area contributed by atoms with Crippen LogP contribution >= 0.6 is 0 Å². The second-order valence-corrected chi connectivity index (χ2v) is 7.89. The second kappa shape index (κ2) is 7.27. The van der Waals surface area contributed by atoms with Gasteiger partial charge in [0.1, 0.15) is 11.5 Å². The van der Waals surface area contributed by atoms with Gasteiger partial charge in [-0.3, -0.25) is 4.68 Å². The standard InChI is InChI=1S/C20H18F5N5O2/c1-29-14-3-15(30-9-4-26-5-10(30)8-32-7-9)27-6-12(14)18(28-29)11-2-13(20(23,24)25)17(22)19(31)16(11)21/h2-3,6,9-10,26,31H,4-5,7-8H2,1H3. The summed E-state index contributed by atoms with van der Waals surface area (Å²) in [5.74, 6) is -4.64. The highest BCUT2D eigenvalue weighted by molar-refractivity contribution is 5.94. The van der Waals surface area contributed by atoms with E-state index in [1.54, 1.807) is 13.1 Å². The number of fused-ring (bicyclic) bond motifs is 3. The summed E-state index contributed by atoms with van der Waals surface area (Å²) in [5, 5.41) is 17.4. The van der Waals surface area contributed by atoms with Gasteiger partial charge in [-0.2, -0.15) is 18.3 Å². The van der Waals surface area contributed by atoms with Crippen LogP contribution in [0.3, 0.4) is 0 Å². The Kier molecular flexibility index (Phi) is 4.75. The first kappa shape index (κ1) is 20.9. The summed E-state index contributed by atoms with van der Waals surface area (Å²) in [4.78, 5) is 6.60. The number of alkyl halides is 3. The van der Waals surface area contributed by atoms with Crippen molar-refractivity contribution in [2.24, 2.45) is 7.05 Å². The molecule has 1 aromatic carbocycles. The summed E-state index contributed by atoms with van der Waals surface area (Å²) >= 11 is 0.